The van der Waals surface area contributed by atoms with Gasteiger partial charge in [0.15, 0.2) is 0 Å². The van der Waals surface area contributed by atoms with Gasteiger partial charge >= 0.3 is 0 Å². The van der Waals surface area contributed by atoms with Gasteiger partial charge in [-0.15, -0.1) is 0 Å². The second-order valence-electron chi connectivity index (χ2n) is 5.73. The Balaban J connectivity index is 2.35. The van der Waals surface area contributed by atoms with Crippen molar-refractivity contribution in [3.05, 3.63) is 0 Å². The fraction of sp³-hybridized carbons (Fsp3) is 0.929. The number of nitrogens with one attached hydrogen (secondary N) is 1. The van der Waals surface area contributed by atoms with Gasteiger partial charge in [-0.2, -0.15) is 0 Å². The van der Waals surface area contributed by atoms with Gasteiger partial charge < -0.3 is 11.1 Å². The average Bonchev–Trinajstić information content (AvgIpc) is 2.34. The smallest absolute Gasteiger partial charge is 0.223 e. The van der Waals surface area contributed by atoms with Crippen LogP contribution in [-0.2, 0) is 4.79 Å². The minimum Gasteiger partial charge on any atom is -0.356 e. The molecule has 1 fully saturated rings. The molecule has 0 bridgehead atoms. The second-order valence-corrected chi connectivity index (χ2v) is 5.73. The molecule has 0 radical (unpaired) electrons. The van der Waals surface area contributed by atoms with Crippen molar-refractivity contribution in [1.82, 2.24) is 5.32 Å². The van der Waals surface area contributed by atoms with E-state index in [4.69, 9.17) is 5.73 Å². The van der Waals surface area contributed by atoms with Crippen LogP contribution in [0.15, 0.2) is 0 Å². The maximum absolute atomic E-state index is 12.0. The third-order valence-electron chi connectivity index (χ3n) is 4.20. The zero-order chi connectivity index (χ0) is 12.8. The monoisotopic (exact) mass is 240 g/mol. The molecular weight excluding hydrogens is 212 g/mol. The van der Waals surface area contributed by atoms with E-state index in [0.29, 0.717) is 17.9 Å². The number of nitrogens with two attached hydrogens (primary N) is 1. The molecule has 1 aliphatic rings. The zero-order valence-electron chi connectivity index (χ0n) is 11.5. The van der Waals surface area contributed by atoms with E-state index in [1.165, 1.54) is 6.42 Å². The second kappa shape index (κ2) is 7.00. The highest BCUT2D eigenvalue weighted by Gasteiger charge is 2.28. The number of carbonyl (C=O) groups is 1. The van der Waals surface area contributed by atoms with Crippen LogP contribution in [0.2, 0.25) is 0 Å². The highest BCUT2D eigenvalue weighted by Crippen LogP contribution is 2.29. The number of amides is 1. The van der Waals surface area contributed by atoms with Crippen molar-refractivity contribution in [2.24, 2.45) is 23.5 Å². The maximum atomic E-state index is 12.0. The Morgan fingerprint density at radius 2 is 2.12 bits per heavy atom. The normalized spacial score (nSPS) is 28.5. The molecule has 100 valence electrons. The van der Waals surface area contributed by atoms with Gasteiger partial charge in [0.25, 0.3) is 0 Å². The van der Waals surface area contributed by atoms with Crippen molar-refractivity contribution in [1.29, 1.82) is 0 Å². The third kappa shape index (κ3) is 4.66. The van der Waals surface area contributed by atoms with Gasteiger partial charge in [0.05, 0.1) is 0 Å². The van der Waals surface area contributed by atoms with Gasteiger partial charge in [0.2, 0.25) is 5.91 Å². The Labute approximate surface area is 106 Å². The van der Waals surface area contributed by atoms with Crippen LogP contribution in [0.25, 0.3) is 0 Å². The average molecular weight is 240 g/mol. The first-order valence-corrected chi connectivity index (χ1v) is 7.07. The first-order valence-electron chi connectivity index (χ1n) is 7.07. The molecule has 1 amide bonds. The molecule has 4 unspecified atom stereocenters. The van der Waals surface area contributed by atoms with E-state index in [1.807, 2.05) is 0 Å². The molecule has 1 rings (SSSR count). The van der Waals surface area contributed by atoms with Crippen LogP contribution >= 0.6 is 0 Å². The van der Waals surface area contributed by atoms with Crippen molar-refractivity contribution in [2.45, 2.75) is 58.9 Å². The van der Waals surface area contributed by atoms with Crippen molar-refractivity contribution in [3.8, 4) is 0 Å². The summed E-state index contributed by atoms with van der Waals surface area (Å²) in [5.74, 6) is 1.38. The van der Waals surface area contributed by atoms with Gasteiger partial charge in [-0.3, -0.25) is 4.79 Å². The summed E-state index contributed by atoms with van der Waals surface area (Å²) >= 11 is 0. The molecule has 0 heterocycles. The van der Waals surface area contributed by atoms with Crippen LogP contribution in [0.4, 0.5) is 0 Å². The number of hydrogen-bond donors (Lipinski definition) is 2. The van der Waals surface area contributed by atoms with E-state index in [2.05, 4.69) is 26.1 Å². The maximum Gasteiger partial charge on any atom is 0.223 e. The Hall–Kier alpha value is -0.570. The Morgan fingerprint density at radius 1 is 1.41 bits per heavy atom. The molecule has 0 aromatic carbocycles. The molecule has 1 saturated carbocycles. The van der Waals surface area contributed by atoms with E-state index in [0.717, 1.165) is 32.2 Å². The summed E-state index contributed by atoms with van der Waals surface area (Å²) in [6.07, 6.45) is 5.58. The van der Waals surface area contributed by atoms with Gasteiger partial charge in [-0.1, -0.05) is 33.6 Å². The molecule has 0 saturated heterocycles. The van der Waals surface area contributed by atoms with E-state index >= 15 is 0 Å². The molecule has 17 heavy (non-hydrogen) atoms. The molecule has 0 spiro atoms. The summed E-state index contributed by atoms with van der Waals surface area (Å²) in [4.78, 5) is 12.0. The standard InChI is InChI=1S/C14H28N2O/c1-4-10(2)9-16-14(17)11(3)12-6-5-7-13(15)8-12/h10-13H,4-9,15H2,1-3H3,(H,16,17). The van der Waals surface area contributed by atoms with E-state index in [9.17, 15) is 4.79 Å². The lowest BCUT2D eigenvalue weighted by Gasteiger charge is -2.30. The summed E-state index contributed by atoms with van der Waals surface area (Å²) in [6.45, 7) is 7.18. The van der Waals surface area contributed by atoms with Crippen LogP contribution < -0.4 is 11.1 Å². The molecule has 0 aromatic rings. The molecular formula is C14H28N2O. The molecule has 0 aliphatic heterocycles. The molecule has 3 heteroatoms. The van der Waals surface area contributed by atoms with Crippen molar-refractivity contribution < 1.29 is 4.79 Å². The van der Waals surface area contributed by atoms with Crippen LogP contribution in [-0.4, -0.2) is 18.5 Å². The van der Waals surface area contributed by atoms with Crippen LogP contribution in [0, 0.1) is 17.8 Å². The largest absolute Gasteiger partial charge is 0.356 e. The summed E-state index contributed by atoms with van der Waals surface area (Å²) < 4.78 is 0. The molecule has 4 atom stereocenters. The first-order chi connectivity index (χ1) is 8.04. The number of hydrogen-bond acceptors (Lipinski definition) is 2. The van der Waals surface area contributed by atoms with E-state index in [1.54, 1.807) is 0 Å². The number of carbonyl (C=O) groups excluding carboxylic acids is 1. The quantitative estimate of drug-likeness (QED) is 0.774. The summed E-state index contributed by atoms with van der Waals surface area (Å²) in [5, 5.41) is 3.07. The lowest BCUT2D eigenvalue weighted by Crippen LogP contribution is -2.39. The van der Waals surface area contributed by atoms with Crippen molar-refractivity contribution in [2.75, 3.05) is 6.54 Å². The highest BCUT2D eigenvalue weighted by atomic mass is 16.1. The Kier molecular flexibility index (Phi) is 5.96. The molecule has 1 aliphatic carbocycles. The SMILES string of the molecule is CCC(C)CNC(=O)C(C)C1CCCC(N)C1. The summed E-state index contributed by atoms with van der Waals surface area (Å²) in [6, 6.07) is 0.304. The predicted octanol–water partition coefficient (Wildman–Crippen LogP) is 2.30. The lowest BCUT2D eigenvalue weighted by atomic mass is 9.78. The fourth-order valence-electron chi connectivity index (χ4n) is 2.52. The van der Waals surface area contributed by atoms with Gasteiger partial charge in [-0.05, 0) is 31.1 Å². The Morgan fingerprint density at radius 3 is 2.71 bits per heavy atom. The van der Waals surface area contributed by atoms with Gasteiger partial charge in [0, 0.05) is 18.5 Å². The summed E-state index contributed by atoms with van der Waals surface area (Å²) in [5.41, 5.74) is 5.98. The van der Waals surface area contributed by atoms with E-state index in [-0.39, 0.29) is 11.8 Å². The first kappa shape index (κ1) is 14.5. The third-order valence-corrected chi connectivity index (χ3v) is 4.20. The lowest BCUT2D eigenvalue weighted by molar-refractivity contribution is -0.126. The van der Waals surface area contributed by atoms with Crippen molar-refractivity contribution in [3.63, 3.8) is 0 Å². The molecule has 0 aromatic heterocycles. The predicted molar refractivity (Wildman–Crippen MR) is 71.6 cm³/mol. The van der Waals surface area contributed by atoms with Crippen LogP contribution in [0.5, 0.6) is 0 Å². The summed E-state index contributed by atoms with van der Waals surface area (Å²) in [7, 11) is 0. The minimum atomic E-state index is 0.116. The van der Waals surface area contributed by atoms with Gasteiger partial charge in [-0.25, -0.2) is 0 Å². The molecule has 3 N–H and O–H groups in total. The topological polar surface area (TPSA) is 55.1 Å². The number of rotatable bonds is 5. The zero-order valence-corrected chi connectivity index (χ0v) is 11.5. The highest BCUT2D eigenvalue weighted by molar-refractivity contribution is 5.78. The van der Waals surface area contributed by atoms with Crippen LogP contribution in [0.1, 0.15) is 52.9 Å². The fourth-order valence-corrected chi connectivity index (χ4v) is 2.52. The van der Waals surface area contributed by atoms with E-state index < -0.39 is 0 Å². The van der Waals surface area contributed by atoms with Crippen LogP contribution in [0.3, 0.4) is 0 Å². The minimum absolute atomic E-state index is 0.116. The van der Waals surface area contributed by atoms with Crippen molar-refractivity contribution >= 4 is 5.91 Å². The molecule has 3 nitrogen and oxygen atoms in total. The van der Waals surface area contributed by atoms with Gasteiger partial charge in [0.1, 0.15) is 0 Å². The Bertz CT molecular complexity index is 242.